The van der Waals surface area contributed by atoms with Gasteiger partial charge in [-0.3, -0.25) is 0 Å². The van der Waals surface area contributed by atoms with Crippen molar-refractivity contribution in [1.82, 2.24) is 0 Å². The summed E-state index contributed by atoms with van der Waals surface area (Å²) in [6.45, 7) is 15.0. The molecule has 0 saturated heterocycles. The van der Waals surface area contributed by atoms with Crippen molar-refractivity contribution in [3.05, 3.63) is 12.7 Å². The monoisotopic (exact) mass is 512 g/mol. The lowest BCUT2D eigenvalue weighted by atomic mass is 9.57. The second-order valence-corrected chi connectivity index (χ2v) is 9.25. The van der Waals surface area contributed by atoms with Crippen LogP contribution in [0.1, 0.15) is 118 Å². The first-order valence-electron chi connectivity index (χ1n) is 10.8. The van der Waals surface area contributed by atoms with Crippen LogP contribution in [0.2, 0.25) is 0 Å². The summed E-state index contributed by atoms with van der Waals surface area (Å²) >= 11 is 0. The van der Waals surface area contributed by atoms with Gasteiger partial charge in [-0.15, -0.1) is 40.5 Å². The van der Waals surface area contributed by atoms with E-state index in [1.807, 2.05) is 13.0 Å². The molecule has 1 unspecified atom stereocenters. The fourth-order valence-corrected chi connectivity index (χ4v) is 3.82. The highest BCUT2D eigenvalue weighted by Crippen LogP contribution is 2.49. The minimum absolute atomic E-state index is 0. The van der Waals surface area contributed by atoms with E-state index in [1.54, 1.807) is 0 Å². The summed E-state index contributed by atoms with van der Waals surface area (Å²) in [6, 6.07) is 0. The first kappa shape index (κ1) is 32.3. The van der Waals surface area contributed by atoms with E-state index in [9.17, 15) is 0 Å². The van der Waals surface area contributed by atoms with Crippen LogP contribution in [0, 0.1) is 10.8 Å². The highest BCUT2D eigenvalue weighted by Gasteiger charge is 2.48. The van der Waals surface area contributed by atoms with Gasteiger partial charge >= 0.3 is 0 Å². The third kappa shape index (κ3) is 12.0. The van der Waals surface area contributed by atoms with Gasteiger partial charge in [0.05, 0.1) is 5.66 Å². The molecule has 0 aromatic carbocycles. The van der Waals surface area contributed by atoms with Crippen LogP contribution in [0.4, 0.5) is 0 Å². The Bertz CT molecular complexity index is 351. The molecule has 0 aromatic heterocycles. The largest absolute Gasteiger partial charge is 0.313 e. The van der Waals surface area contributed by atoms with Crippen molar-refractivity contribution >= 4 is 34.0 Å². The van der Waals surface area contributed by atoms with E-state index in [4.69, 9.17) is 11.5 Å². The molecule has 0 aliphatic rings. The SMILES string of the molecule is Br.Br.C=CCC(C)(CCCCCCCCCCCCC)C(C)(C)C(C)(N)N. The summed E-state index contributed by atoms with van der Waals surface area (Å²) in [4.78, 5) is 0. The van der Waals surface area contributed by atoms with Gasteiger partial charge in [0, 0.05) is 5.41 Å². The van der Waals surface area contributed by atoms with E-state index in [-0.39, 0.29) is 44.8 Å². The third-order valence-corrected chi connectivity index (χ3v) is 6.78. The highest BCUT2D eigenvalue weighted by atomic mass is 79.9. The maximum absolute atomic E-state index is 6.30. The zero-order valence-corrected chi connectivity index (χ0v) is 22.4. The Morgan fingerprint density at radius 2 is 1.07 bits per heavy atom. The van der Waals surface area contributed by atoms with E-state index in [0.717, 1.165) is 6.42 Å². The third-order valence-electron chi connectivity index (χ3n) is 6.78. The maximum atomic E-state index is 6.30. The number of hydrogen-bond donors (Lipinski definition) is 2. The molecule has 0 radical (unpaired) electrons. The van der Waals surface area contributed by atoms with E-state index in [0.29, 0.717) is 0 Å². The number of halogens is 2. The molecular weight excluding hydrogens is 464 g/mol. The predicted molar refractivity (Wildman–Crippen MR) is 135 cm³/mol. The number of allylic oxidation sites excluding steroid dienone is 1. The number of hydrogen-bond acceptors (Lipinski definition) is 2. The molecule has 0 amide bonds. The zero-order valence-electron chi connectivity index (χ0n) is 18.9. The van der Waals surface area contributed by atoms with Gasteiger partial charge in [-0.25, -0.2) is 0 Å². The Labute approximate surface area is 192 Å². The van der Waals surface area contributed by atoms with Crippen molar-refractivity contribution in [2.75, 3.05) is 0 Å². The lowest BCUT2D eigenvalue weighted by Crippen LogP contribution is -2.63. The van der Waals surface area contributed by atoms with Gasteiger partial charge in [-0.1, -0.05) is 104 Å². The molecule has 0 heterocycles. The van der Waals surface area contributed by atoms with E-state index in [2.05, 4.69) is 34.3 Å². The normalized spacial score (nSPS) is 14.0. The molecule has 0 aromatic rings. The van der Waals surface area contributed by atoms with E-state index < -0.39 is 5.66 Å². The van der Waals surface area contributed by atoms with Crippen LogP contribution in [0.3, 0.4) is 0 Å². The van der Waals surface area contributed by atoms with E-state index in [1.165, 1.54) is 77.0 Å². The average Bonchev–Trinajstić information content (AvgIpc) is 2.51. The Morgan fingerprint density at radius 3 is 1.41 bits per heavy atom. The molecule has 1 atom stereocenters. The van der Waals surface area contributed by atoms with Crippen LogP contribution < -0.4 is 11.5 Å². The molecule has 0 aliphatic heterocycles. The molecule has 0 rings (SSSR count). The summed E-state index contributed by atoms with van der Waals surface area (Å²) in [6.07, 6.45) is 19.4. The lowest BCUT2D eigenvalue weighted by molar-refractivity contribution is 0.00667. The lowest BCUT2D eigenvalue weighted by Gasteiger charge is -2.52. The predicted octanol–water partition coefficient (Wildman–Crippen LogP) is 8.09. The first-order chi connectivity index (χ1) is 11.6. The van der Waals surface area contributed by atoms with Crippen LogP contribution in [0.25, 0.3) is 0 Å². The Kier molecular flexibility index (Phi) is 19.6. The number of rotatable bonds is 16. The number of unbranched alkanes of at least 4 members (excludes halogenated alkanes) is 10. The van der Waals surface area contributed by atoms with Crippen molar-refractivity contribution in [2.24, 2.45) is 22.3 Å². The molecule has 4 heteroatoms. The average molecular weight is 514 g/mol. The van der Waals surface area contributed by atoms with Gasteiger partial charge in [-0.05, 0) is 25.2 Å². The molecule has 0 spiro atoms. The van der Waals surface area contributed by atoms with Gasteiger partial charge in [-0.2, -0.15) is 0 Å². The summed E-state index contributed by atoms with van der Waals surface area (Å²) in [7, 11) is 0. The van der Waals surface area contributed by atoms with Crippen molar-refractivity contribution in [2.45, 2.75) is 124 Å². The second-order valence-electron chi connectivity index (χ2n) is 9.25. The Morgan fingerprint density at radius 1 is 0.704 bits per heavy atom. The maximum Gasteiger partial charge on any atom is 0.0665 e. The standard InChI is InChI=1S/C23H48N2.2BrH/c1-7-9-10-11-12-13-14-15-16-17-18-20-22(5,19-8-2)21(3,4)23(6,24)25;;/h8H,2,7,9-20,24-25H2,1,3-6H3;2*1H. The van der Waals surface area contributed by atoms with Gasteiger partial charge < -0.3 is 11.5 Å². The molecule has 0 fully saturated rings. The fourth-order valence-electron chi connectivity index (χ4n) is 3.82. The van der Waals surface area contributed by atoms with Gasteiger partial charge in [0.15, 0.2) is 0 Å². The minimum Gasteiger partial charge on any atom is -0.313 e. The Hall–Kier alpha value is 0.620. The number of nitrogens with two attached hydrogens (primary N) is 2. The molecule has 27 heavy (non-hydrogen) atoms. The first-order valence-corrected chi connectivity index (χ1v) is 10.8. The highest BCUT2D eigenvalue weighted by molar-refractivity contribution is 8.93. The van der Waals surface area contributed by atoms with Crippen LogP contribution in [0.15, 0.2) is 12.7 Å². The topological polar surface area (TPSA) is 52.0 Å². The van der Waals surface area contributed by atoms with Crippen LogP contribution >= 0.6 is 34.0 Å². The van der Waals surface area contributed by atoms with Crippen molar-refractivity contribution < 1.29 is 0 Å². The van der Waals surface area contributed by atoms with Gasteiger partial charge in [0.2, 0.25) is 0 Å². The molecule has 0 aliphatic carbocycles. The summed E-state index contributed by atoms with van der Waals surface area (Å²) in [5.41, 5.74) is 11.9. The Balaban J connectivity index is -0.00000288. The van der Waals surface area contributed by atoms with Gasteiger partial charge in [0.1, 0.15) is 0 Å². The van der Waals surface area contributed by atoms with Crippen LogP contribution in [-0.4, -0.2) is 5.66 Å². The molecule has 0 bridgehead atoms. The minimum atomic E-state index is -0.678. The molecular formula is C23H50Br2N2. The smallest absolute Gasteiger partial charge is 0.0665 e. The summed E-state index contributed by atoms with van der Waals surface area (Å²) < 4.78 is 0. The molecule has 166 valence electrons. The van der Waals surface area contributed by atoms with E-state index >= 15 is 0 Å². The van der Waals surface area contributed by atoms with Crippen molar-refractivity contribution in [1.29, 1.82) is 0 Å². The van der Waals surface area contributed by atoms with Gasteiger partial charge in [0.25, 0.3) is 0 Å². The fraction of sp³-hybridized carbons (Fsp3) is 0.913. The second kappa shape index (κ2) is 16.4. The summed E-state index contributed by atoms with van der Waals surface area (Å²) in [5.74, 6) is 0. The molecule has 0 saturated carbocycles. The quantitative estimate of drug-likeness (QED) is 0.124. The molecule has 4 N–H and O–H groups in total. The molecule has 2 nitrogen and oxygen atoms in total. The van der Waals surface area contributed by atoms with Crippen molar-refractivity contribution in [3.63, 3.8) is 0 Å². The van der Waals surface area contributed by atoms with Crippen LogP contribution in [-0.2, 0) is 0 Å². The van der Waals surface area contributed by atoms with Crippen LogP contribution in [0.5, 0.6) is 0 Å². The van der Waals surface area contributed by atoms with Crippen molar-refractivity contribution in [3.8, 4) is 0 Å². The zero-order chi connectivity index (χ0) is 19.4. The summed E-state index contributed by atoms with van der Waals surface area (Å²) in [5, 5.41) is 0.